The van der Waals surface area contributed by atoms with Crippen LogP contribution in [0.5, 0.6) is 5.75 Å². The summed E-state index contributed by atoms with van der Waals surface area (Å²) in [5.41, 5.74) is 0. The summed E-state index contributed by atoms with van der Waals surface area (Å²) in [5, 5.41) is 19.6. The normalized spacial score (nSPS) is 11.1. The maximum absolute atomic E-state index is 9.71. The van der Waals surface area contributed by atoms with Gasteiger partial charge in [0.05, 0.1) is 11.1 Å². The number of hydrogen-bond acceptors (Lipinski definition) is 2. The van der Waals surface area contributed by atoms with Crippen molar-refractivity contribution < 1.29 is 10.2 Å². The summed E-state index contributed by atoms with van der Waals surface area (Å²) in [4.78, 5) is 0. The highest BCUT2D eigenvalue weighted by atomic mass is 79.9. The second kappa shape index (κ2) is 7.34. The van der Waals surface area contributed by atoms with Gasteiger partial charge in [-0.25, -0.2) is 0 Å². The summed E-state index contributed by atoms with van der Waals surface area (Å²) in [7, 11) is 0. The van der Waals surface area contributed by atoms with Gasteiger partial charge in [-0.1, -0.05) is 75.0 Å². The molecule has 2 N–H and O–H groups in total. The van der Waals surface area contributed by atoms with Gasteiger partial charge in [-0.2, -0.15) is 0 Å². The molecule has 2 aromatic rings. The monoisotopic (exact) mass is 448 g/mol. The van der Waals surface area contributed by atoms with Gasteiger partial charge in [-0.3, -0.25) is 0 Å². The average Bonchev–Trinajstić information content (AvgIpc) is 2.36. The molecule has 0 saturated carbocycles. The van der Waals surface area contributed by atoms with Gasteiger partial charge in [0.25, 0.3) is 0 Å². The lowest BCUT2D eigenvalue weighted by Crippen LogP contribution is -2.06. The second-order valence-corrected chi connectivity index (χ2v) is 7.73. The number of aliphatic hydroxyl groups excluding tert-OH is 1. The summed E-state index contributed by atoms with van der Waals surface area (Å²) in [6.07, 6.45) is 0. The molecule has 0 fully saturated rings. The van der Waals surface area contributed by atoms with Crippen LogP contribution in [0.2, 0.25) is 0 Å². The molecule has 2 aromatic carbocycles. The lowest BCUT2D eigenvalue weighted by molar-refractivity contribution is 0.303. The number of phenolic OH excluding ortho intramolecular Hbond substituents is 1. The van der Waals surface area contributed by atoms with Gasteiger partial charge in [0.15, 0.2) is 0 Å². The summed E-state index contributed by atoms with van der Waals surface area (Å²) in [6.45, 7) is -0.433. The molecular weight excluding hydrogens is 442 g/mol. The van der Waals surface area contributed by atoms with Crippen molar-refractivity contribution in [3.63, 3.8) is 0 Å². The highest BCUT2D eigenvalue weighted by Crippen LogP contribution is 2.37. The Morgan fingerprint density at radius 3 is 1.95 bits per heavy atom. The third-order valence-corrected chi connectivity index (χ3v) is 3.72. The van der Waals surface area contributed by atoms with Crippen molar-refractivity contribution in [2.45, 2.75) is 3.79 Å². The van der Waals surface area contributed by atoms with Crippen LogP contribution in [0.1, 0.15) is 0 Å². The fourth-order valence-electron chi connectivity index (χ4n) is 1.28. The van der Waals surface area contributed by atoms with Crippen molar-refractivity contribution in [1.82, 2.24) is 0 Å². The first-order chi connectivity index (χ1) is 8.76. The number of rotatable bonds is 0. The molecule has 0 spiro atoms. The zero-order chi connectivity index (χ0) is 14.6. The molecule has 0 heterocycles. The first-order valence-corrected chi connectivity index (χ1v) is 7.71. The molecule has 0 amide bonds. The Balaban J connectivity index is 0.000000258. The predicted molar refractivity (Wildman–Crippen MR) is 88.4 cm³/mol. The SMILES string of the molecule is OCC(Cl)(Cl)Cl.Oc1c(Br)cc(Br)c2ccccc12. The van der Waals surface area contributed by atoms with E-state index in [0.717, 1.165) is 15.2 Å². The zero-order valence-electron chi connectivity index (χ0n) is 9.38. The number of phenols is 1. The van der Waals surface area contributed by atoms with E-state index in [0.29, 0.717) is 10.2 Å². The van der Waals surface area contributed by atoms with Crippen LogP contribution in [0.3, 0.4) is 0 Å². The summed E-state index contributed by atoms with van der Waals surface area (Å²) >= 11 is 21.7. The number of alkyl halides is 3. The molecule has 0 radical (unpaired) electrons. The van der Waals surface area contributed by atoms with Crippen molar-refractivity contribution >= 4 is 77.4 Å². The fraction of sp³-hybridized carbons (Fsp3) is 0.167. The molecule has 0 aliphatic carbocycles. The van der Waals surface area contributed by atoms with Gasteiger partial charge in [0.2, 0.25) is 3.79 Å². The summed E-state index contributed by atoms with van der Waals surface area (Å²) < 4.78 is 0.200. The number of halogens is 5. The number of hydrogen-bond donors (Lipinski definition) is 2. The Labute approximate surface area is 142 Å². The van der Waals surface area contributed by atoms with Crippen molar-refractivity contribution in [2.75, 3.05) is 6.61 Å². The molecule has 104 valence electrons. The minimum Gasteiger partial charge on any atom is -0.506 e. The second-order valence-electron chi connectivity index (χ2n) is 3.51. The van der Waals surface area contributed by atoms with Crippen LogP contribution < -0.4 is 0 Å². The molecule has 0 aromatic heterocycles. The summed E-state index contributed by atoms with van der Waals surface area (Å²) in [6, 6.07) is 9.55. The van der Waals surface area contributed by atoms with E-state index >= 15 is 0 Å². The van der Waals surface area contributed by atoms with Crippen LogP contribution in [-0.2, 0) is 0 Å². The first kappa shape index (κ1) is 17.3. The number of aliphatic hydroxyl groups is 1. The first-order valence-electron chi connectivity index (χ1n) is 4.99. The largest absolute Gasteiger partial charge is 0.506 e. The maximum Gasteiger partial charge on any atom is 0.213 e. The Hall–Kier alpha value is 0.290. The lowest BCUT2D eigenvalue weighted by atomic mass is 10.1. The lowest BCUT2D eigenvalue weighted by Gasteiger charge is -2.04. The summed E-state index contributed by atoms with van der Waals surface area (Å²) in [5.74, 6) is 0.291. The average molecular weight is 451 g/mol. The number of benzene rings is 2. The van der Waals surface area contributed by atoms with Gasteiger partial charge in [0.1, 0.15) is 5.75 Å². The molecule has 0 saturated heterocycles. The van der Waals surface area contributed by atoms with E-state index in [4.69, 9.17) is 39.9 Å². The van der Waals surface area contributed by atoms with Gasteiger partial charge >= 0.3 is 0 Å². The van der Waals surface area contributed by atoms with Gasteiger partial charge in [0, 0.05) is 9.86 Å². The minimum absolute atomic E-state index is 0.291. The van der Waals surface area contributed by atoms with Gasteiger partial charge in [-0.05, 0) is 27.4 Å². The Morgan fingerprint density at radius 1 is 1.00 bits per heavy atom. The minimum atomic E-state index is -1.49. The van der Waals surface area contributed by atoms with E-state index in [9.17, 15) is 5.11 Å². The highest BCUT2D eigenvalue weighted by Gasteiger charge is 2.16. The van der Waals surface area contributed by atoms with Crippen LogP contribution in [0.25, 0.3) is 10.8 Å². The Morgan fingerprint density at radius 2 is 1.47 bits per heavy atom. The maximum atomic E-state index is 9.71. The van der Waals surface area contributed by atoms with Crippen LogP contribution >= 0.6 is 66.7 Å². The zero-order valence-corrected chi connectivity index (χ0v) is 14.8. The molecule has 0 unspecified atom stereocenters. The predicted octanol–water partition coefficient (Wildman–Crippen LogP) is 5.42. The van der Waals surface area contributed by atoms with Gasteiger partial charge < -0.3 is 10.2 Å². The topological polar surface area (TPSA) is 40.5 Å². The van der Waals surface area contributed by atoms with Crippen LogP contribution in [-0.4, -0.2) is 20.6 Å². The third-order valence-electron chi connectivity index (χ3n) is 2.10. The van der Waals surface area contributed by atoms with Gasteiger partial charge in [-0.15, -0.1) is 0 Å². The van der Waals surface area contributed by atoms with Crippen LogP contribution in [0, 0.1) is 0 Å². The van der Waals surface area contributed by atoms with E-state index in [1.54, 1.807) is 0 Å². The Bertz CT molecular complexity index is 571. The van der Waals surface area contributed by atoms with E-state index in [1.165, 1.54) is 0 Å². The van der Waals surface area contributed by atoms with Crippen molar-refractivity contribution in [1.29, 1.82) is 0 Å². The molecule has 0 bridgehead atoms. The van der Waals surface area contributed by atoms with Crippen molar-refractivity contribution in [3.8, 4) is 5.75 Å². The van der Waals surface area contributed by atoms with E-state index in [2.05, 4.69) is 31.9 Å². The fourth-order valence-corrected chi connectivity index (χ4v) is 2.61. The van der Waals surface area contributed by atoms with E-state index in [-0.39, 0.29) is 0 Å². The standard InChI is InChI=1S/C10H6Br2O.C2H3Cl3O/c11-8-5-9(12)10(13)7-4-2-1-3-6(7)8;3-2(4,5)1-6/h1-5,13H;6H,1H2. The smallest absolute Gasteiger partial charge is 0.213 e. The van der Waals surface area contributed by atoms with Crippen LogP contribution in [0.4, 0.5) is 0 Å². The highest BCUT2D eigenvalue weighted by molar-refractivity contribution is 9.11. The Kier molecular flexibility index (Phi) is 6.70. The molecule has 2 rings (SSSR count). The number of fused-ring (bicyclic) bond motifs is 1. The molecule has 7 heteroatoms. The van der Waals surface area contributed by atoms with Crippen molar-refractivity contribution in [2.24, 2.45) is 0 Å². The van der Waals surface area contributed by atoms with E-state index in [1.807, 2.05) is 30.3 Å². The van der Waals surface area contributed by atoms with E-state index < -0.39 is 10.4 Å². The molecule has 0 aliphatic heterocycles. The van der Waals surface area contributed by atoms with Crippen molar-refractivity contribution in [3.05, 3.63) is 39.3 Å². The molecular formula is C12H9Br2Cl3O2. The quantitative estimate of drug-likeness (QED) is 0.526. The molecule has 0 aliphatic rings. The van der Waals surface area contributed by atoms with Crippen LogP contribution in [0.15, 0.2) is 39.3 Å². The molecule has 0 atom stereocenters. The molecule has 2 nitrogen and oxygen atoms in total. The molecule has 19 heavy (non-hydrogen) atoms. The number of aromatic hydroxyl groups is 1. The third kappa shape index (κ3) is 5.29.